The Bertz CT molecular complexity index is 514. The maximum absolute atomic E-state index is 5.93. The Balaban J connectivity index is 2.77. The van der Waals surface area contributed by atoms with Crippen molar-refractivity contribution in [2.24, 2.45) is 0 Å². The van der Waals surface area contributed by atoms with E-state index in [-0.39, 0.29) is 0 Å². The van der Waals surface area contributed by atoms with E-state index < -0.39 is 0 Å². The lowest BCUT2D eigenvalue weighted by Gasteiger charge is -2.14. The second-order valence-electron chi connectivity index (χ2n) is 4.57. The van der Waals surface area contributed by atoms with Gasteiger partial charge in [-0.15, -0.1) is 0 Å². The fraction of sp³-hybridized carbons (Fsp3) is 0.500. The number of hydrogen-bond donors (Lipinski definition) is 0. The van der Waals surface area contributed by atoms with E-state index in [9.17, 15) is 0 Å². The maximum atomic E-state index is 5.93. The third kappa shape index (κ3) is 1.80. The van der Waals surface area contributed by atoms with Crippen molar-refractivity contribution < 1.29 is 0 Å². The van der Waals surface area contributed by atoms with Crippen LogP contribution < -0.4 is 0 Å². The zero-order valence-corrected chi connectivity index (χ0v) is 10.8. The third-order valence-electron chi connectivity index (χ3n) is 2.56. The zero-order chi connectivity index (χ0) is 11.9. The summed E-state index contributed by atoms with van der Waals surface area (Å²) in [5.41, 5.74) is 1.80. The number of imidazole rings is 1. The molecule has 0 aliphatic heterocycles. The molecule has 0 aliphatic rings. The van der Waals surface area contributed by atoms with Crippen LogP contribution in [0, 0.1) is 0 Å². The average molecular weight is 238 g/mol. The summed E-state index contributed by atoms with van der Waals surface area (Å²) in [5.74, 6) is 1.45. The summed E-state index contributed by atoms with van der Waals surface area (Å²) in [6.45, 7) is 8.55. The van der Waals surface area contributed by atoms with Gasteiger partial charge in [0.2, 0.25) is 0 Å². The van der Waals surface area contributed by atoms with Crippen molar-refractivity contribution in [1.29, 1.82) is 0 Å². The zero-order valence-electron chi connectivity index (χ0n) is 10.0. The van der Waals surface area contributed by atoms with Crippen LogP contribution in [0.2, 0.25) is 5.15 Å². The Morgan fingerprint density at radius 1 is 1.12 bits per heavy atom. The highest BCUT2D eigenvalue weighted by molar-refractivity contribution is 6.29. The van der Waals surface area contributed by atoms with Crippen LogP contribution in [0.3, 0.4) is 0 Å². The van der Waals surface area contributed by atoms with Crippen molar-refractivity contribution in [2.45, 2.75) is 39.7 Å². The molecule has 16 heavy (non-hydrogen) atoms. The van der Waals surface area contributed by atoms with E-state index in [1.54, 1.807) is 6.07 Å². The topological polar surface area (TPSA) is 30.7 Å². The van der Waals surface area contributed by atoms with Crippen LogP contribution in [0.5, 0.6) is 0 Å². The number of pyridine rings is 1. The third-order valence-corrected chi connectivity index (χ3v) is 2.77. The summed E-state index contributed by atoms with van der Waals surface area (Å²) >= 11 is 5.93. The van der Waals surface area contributed by atoms with E-state index in [2.05, 4.69) is 42.2 Å². The van der Waals surface area contributed by atoms with Crippen molar-refractivity contribution in [3.63, 3.8) is 0 Å². The number of nitrogens with zero attached hydrogens (tertiary/aromatic N) is 3. The molecule has 0 fully saturated rings. The molecule has 0 spiro atoms. The molecule has 86 valence electrons. The molecule has 0 atom stereocenters. The van der Waals surface area contributed by atoms with Gasteiger partial charge in [0.25, 0.3) is 0 Å². The van der Waals surface area contributed by atoms with E-state index in [1.807, 2.05) is 6.07 Å². The van der Waals surface area contributed by atoms with Gasteiger partial charge in [-0.2, -0.15) is 0 Å². The molecule has 3 nitrogen and oxygen atoms in total. The lowest BCUT2D eigenvalue weighted by Crippen LogP contribution is -2.08. The second kappa shape index (κ2) is 4.06. The van der Waals surface area contributed by atoms with E-state index in [4.69, 9.17) is 11.6 Å². The number of aromatic nitrogens is 3. The summed E-state index contributed by atoms with van der Waals surface area (Å²) in [6, 6.07) is 4.05. The van der Waals surface area contributed by atoms with Gasteiger partial charge in [-0.1, -0.05) is 25.4 Å². The normalized spacial score (nSPS) is 11.9. The molecular formula is C12H16ClN3. The fourth-order valence-electron chi connectivity index (χ4n) is 1.88. The second-order valence-corrected chi connectivity index (χ2v) is 4.95. The van der Waals surface area contributed by atoms with Gasteiger partial charge in [-0.25, -0.2) is 9.97 Å². The van der Waals surface area contributed by atoms with Gasteiger partial charge in [0.1, 0.15) is 16.5 Å². The van der Waals surface area contributed by atoms with Crippen LogP contribution in [0.25, 0.3) is 11.2 Å². The quantitative estimate of drug-likeness (QED) is 0.744. The Morgan fingerprint density at radius 3 is 2.38 bits per heavy atom. The minimum absolute atomic E-state index is 0.341. The van der Waals surface area contributed by atoms with Crippen LogP contribution >= 0.6 is 11.6 Å². The molecule has 0 amide bonds. The average Bonchev–Trinajstić information content (AvgIpc) is 2.55. The molecule has 0 radical (unpaired) electrons. The fourth-order valence-corrected chi connectivity index (χ4v) is 2.03. The van der Waals surface area contributed by atoms with E-state index in [1.165, 1.54) is 0 Å². The van der Waals surface area contributed by atoms with Gasteiger partial charge in [-0.3, -0.25) is 0 Å². The first kappa shape index (κ1) is 11.4. The van der Waals surface area contributed by atoms with Crippen LogP contribution in [0.1, 0.15) is 45.5 Å². The highest BCUT2D eigenvalue weighted by atomic mass is 35.5. The summed E-state index contributed by atoms with van der Waals surface area (Å²) in [5, 5.41) is 0.518. The van der Waals surface area contributed by atoms with Crippen molar-refractivity contribution >= 4 is 22.8 Å². The standard InChI is InChI=1S/C12H16ClN3/c1-7(2)11-14-9-5-6-10(13)15-12(9)16(11)8(3)4/h5-8H,1-4H3. The molecule has 0 unspecified atom stereocenters. The SMILES string of the molecule is CC(C)c1nc2ccc(Cl)nc2n1C(C)C. The van der Waals surface area contributed by atoms with Gasteiger partial charge in [0.05, 0.1) is 0 Å². The smallest absolute Gasteiger partial charge is 0.161 e. The van der Waals surface area contributed by atoms with Gasteiger partial charge in [0.15, 0.2) is 5.65 Å². The Labute approximate surface area is 100 Å². The first-order chi connectivity index (χ1) is 7.50. The summed E-state index contributed by atoms with van der Waals surface area (Å²) < 4.78 is 2.16. The van der Waals surface area contributed by atoms with Gasteiger partial charge >= 0.3 is 0 Å². The molecular weight excluding hydrogens is 222 g/mol. The number of rotatable bonds is 2. The lowest BCUT2D eigenvalue weighted by molar-refractivity contribution is 0.561. The first-order valence-corrected chi connectivity index (χ1v) is 5.93. The Morgan fingerprint density at radius 2 is 1.81 bits per heavy atom. The van der Waals surface area contributed by atoms with Crippen molar-refractivity contribution in [3.8, 4) is 0 Å². The Kier molecular flexibility index (Phi) is 2.89. The van der Waals surface area contributed by atoms with Crippen LogP contribution in [-0.4, -0.2) is 14.5 Å². The molecule has 2 rings (SSSR count). The number of hydrogen-bond acceptors (Lipinski definition) is 2. The minimum Gasteiger partial charge on any atom is -0.310 e. The van der Waals surface area contributed by atoms with Crippen LogP contribution in [0.4, 0.5) is 0 Å². The largest absolute Gasteiger partial charge is 0.310 e. The van der Waals surface area contributed by atoms with Gasteiger partial charge in [0, 0.05) is 12.0 Å². The monoisotopic (exact) mass is 237 g/mol. The maximum Gasteiger partial charge on any atom is 0.161 e. The highest BCUT2D eigenvalue weighted by Gasteiger charge is 2.16. The molecule has 0 N–H and O–H groups in total. The molecule has 2 heterocycles. The van der Waals surface area contributed by atoms with Crippen molar-refractivity contribution in [2.75, 3.05) is 0 Å². The van der Waals surface area contributed by atoms with Crippen molar-refractivity contribution in [1.82, 2.24) is 14.5 Å². The molecule has 0 saturated carbocycles. The molecule has 2 aromatic heterocycles. The minimum atomic E-state index is 0.341. The molecule has 0 aliphatic carbocycles. The predicted molar refractivity (Wildman–Crippen MR) is 67.0 cm³/mol. The summed E-state index contributed by atoms with van der Waals surface area (Å²) in [6.07, 6.45) is 0. The summed E-state index contributed by atoms with van der Waals surface area (Å²) in [7, 11) is 0. The van der Waals surface area contributed by atoms with E-state index in [0.717, 1.165) is 17.0 Å². The summed E-state index contributed by atoms with van der Waals surface area (Å²) in [4.78, 5) is 8.98. The van der Waals surface area contributed by atoms with Gasteiger partial charge < -0.3 is 4.57 Å². The van der Waals surface area contributed by atoms with Gasteiger partial charge in [-0.05, 0) is 26.0 Å². The molecule has 0 saturated heterocycles. The van der Waals surface area contributed by atoms with Crippen LogP contribution in [0.15, 0.2) is 12.1 Å². The predicted octanol–water partition coefficient (Wildman–Crippen LogP) is 3.79. The molecule has 4 heteroatoms. The molecule has 2 aromatic rings. The van der Waals surface area contributed by atoms with E-state index in [0.29, 0.717) is 17.1 Å². The molecule has 0 bridgehead atoms. The van der Waals surface area contributed by atoms with Crippen molar-refractivity contribution in [3.05, 3.63) is 23.1 Å². The van der Waals surface area contributed by atoms with E-state index >= 15 is 0 Å². The van der Waals surface area contributed by atoms with Crippen LogP contribution in [-0.2, 0) is 0 Å². The number of fused-ring (bicyclic) bond motifs is 1. The lowest BCUT2D eigenvalue weighted by atomic mass is 10.2. The first-order valence-electron chi connectivity index (χ1n) is 5.55. The molecule has 0 aromatic carbocycles. The highest BCUT2D eigenvalue weighted by Crippen LogP contribution is 2.25. The number of halogens is 1. The Hall–Kier alpha value is -1.09.